The topological polar surface area (TPSA) is 35.5 Å². The summed E-state index contributed by atoms with van der Waals surface area (Å²) in [5, 5.41) is 0. The van der Waals surface area contributed by atoms with Crippen LogP contribution in [0.5, 0.6) is 5.75 Å². The van der Waals surface area contributed by atoms with Crippen LogP contribution in [0.1, 0.15) is 101 Å². The van der Waals surface area contributed by atoms with Crippen molar-refractivity contribution in [2.75, 3.05) is 6.61 Å². The van der Waals surface area contributed by atoms with E-state index in [4.69, 9.17) is 9.47 Å². The fourth-order valence-electron chi connectivity index (χ4n) is 5.30. The molecule has 1 aromatic carbocycles. The second-order valence-corrected chi connectivity index (χ2v) is 10.2. The Balaban J connectivity index is 1.41. The Labute approximate surface area is 191 Å². The number of hydrogen-bond donors (Lipinski definition) is 0. The second-order valence-electron chi connectivity index (χ2n) is 9.36. The van der Waals surface area contributed by atoms with Crippen molar-refractivity contribution in [2.45, 2.75) is 97.0 Å². The number of ether oxygens (including phenoxy) is 2. The van der Waals surface area contributed by atoms with Gasteiger partial charge in [0.1, 0.15) is 11.9 Å². The van der Waals surface area contributed by atoms with Gasteiger partial charge in [-0.2, -0.15) is 0 Å². The van der Waals surface area contributed by atoms with Crippen LogP contribution in [-0.2, 0) is 4.74 Å². The normalized spacial score (nSPS) is 26.9. The van der Waals surface area contributed by atoms with Gasteiger partial charge in [-0.15, -0.1) is 0 Å². The van der Waals surface area contributed by atoms with Crippen molar-refractivity contribution in [3.63, 3.8) is 0 Å². The average molecular weight is 479 g/mol. The van der Waals surface area contributed by atoms with Crippen molar-refractivity contribution in [2.24, 2.45) is 17.8 Å². The summed E-state index contributed by atoms with van der Waals surface area (Å²) in [6, 6.07) is 5.47. The zero-order valence-electron chi connectivity index (χ0n) is 18.8. The molecule has 0 bridgehead atoms. The molecule has 0 atom stereocenters. The van der Waals surface area contributed by atoms with Gasteiger partial charge in [0.2, 0.25) is 0 Å². The molecule has 0 aromatic heterocycles. The molecule has 0 spiro atoms. The molecule has 3 nitrogen and oxygen atoms in total. The Bertz CT molecular complexity index is 658. The van der Waals surface area contributed by atoms with Crippen molar-refractivity contribution >= 4 is 21.9 Å². The summed E-state index contributed by atoms with van der Waals surface area (Å²) in [5.41, 5.74) is 0.596. The molecular weight excluding hydrogens is 440 g/mol. The van der Waals surface area contributed by atoms with Crippen LogP contribution in [0.3, 0.4) is 0 Å². The van der Waals surface area contributed by atoms with Gasteiger partial charge in [0.05, 0.1) is 16.6 Å². The minimum Gasteiger partial charge on any atom is -0.492 e. The molecule has 4 heteroatoms. The zero-order chi connectivity index (χ0) is 21.3. The summed E-state index contributed by atoms with van der Waals surface area (Å²) in [7, 11) is 0. The molecule has 0 aliphatic heterocycles. The Morgan fingerprint density at radius 1 is 0.967 bits per heavy atom. The van der Waals surface area contributed by atoms with E-state index in [2.05, 4.69) is 29.8 Å². The molecular formula is C26H39BrO3. The third kappa shape index (κ3) is 6.73. The van der Waals surface area contributed by atoms with Crippen LogP contribution in [0.4, 0.5) is 0 Å². The summed E-state index contributed by atoms with van der Waals surface area (Å²) < 4.78 is 12.3. The molecule has 0 unspecified atom stereocenters. The Hall–Kier alpha value is -1.03. The summed E-state index contributed by atoms with van der Waals surface area (Å²) in [6.07, 6.45) is 15.4. The van der Waals surface area contributed by atoms with E-state index < -0.39 is 0 Å². The van der Waals surface area contributed by atoms with Gasteiger partial charge in [-0.05, 0) is 96.8 Å². The predicted molar refractivity (Wildman–Crippen MR) is 126 cm³/mol. The molecule has 2 aliphatic rings. The number of rotatable bonds is 9. The first-order chi connectivity index (χ1) is 14.6. The van der Waals surface area contributed by atoms with Crippen LogP contribution in [0.15, 0.2) is 22.7 Å². The smallest absolute Gasteiger partial charge is 0.338 e. The van der Waals surface area contributed by atoms with Crippen LogP contribution in [0, 0.1) is 17.8 Å². The van der Waals surface area contributed by atoms with E-state index >= 15 is 0 Å². The van der Waals surface area contributed by atoms with Crippen molar-refractivity contribution in [1.29, 1.82) is 0 Å². The Kier molecular flexibility index (Phi) is 9.55. The molecule has 0 N–H and O–H groups in total. The van der Waals surface area contributed by atoms with Gasteiger partial charge in [-0.1, -0.05) is 46.0 Å². The van der Waals surface area contributed by atoms with E-state index in [1.54, 1.807) is 6.07 Å². The van der Waals surface area contributed by atoms with E-state index in [1.807, 2.05) is 12.1 Å². The highest BCUT2D eigenvalue weighted by Crippen LogP contribution is 2.41. The molecule has 168 valence electrons. The van der Waals surface area contributed by atoms with Crippen LogP contribution in [-0.4, -0.2) is 18.7 Å². The number of esters is 1. The largest absolute Gasteiger partial charge is 0.492 e. The average Bonchev–Trinajstić information content (AvgIpc) is 2.77. The molecule has 0 heterocycles. The number of benzene rings is 1. The quantitative estimate of drug-likeness (QED) is 0.337. The zero-order valence-corrected chi connectivity index (χ0v) is 20.4. The third-order valence-electron chi connectivity index (χ3n) is 7.15. The van der Waals surface area contributed by atoms with E-state index in [-0.39, 0.29) is 12.1 Å². The standard InChI is InChI=1S/C26H39BrO3/c1-3-5-6-19-7-9-20(10-8-19)21-11-14-23(15-12-21)30-26(28)22-13-16-25(24(27)18-22)29-17-4-2/h13,16,18-21,23H,3-12,14-15,17H2,1-2H3. The van der Waals surface area contributed by atoms with Gasteiger partial charge >= 0.3 is 5.97 Å². The molecule has 0 radical (unpaired) electrons. The summed E-state index contributed by atoms with van der Waals surface area (Å²) in [4.78, 5) is 12.6. The first-order valence-electron chi connectivity index (χ1n) is 12.2. The Morgan fingerprint density at radius 2 is 1.63 bits per heavy atom. The molecule has 0 amide bonds. The van der Waals surface area contributed by atoms with Crippen molar-refractivity contribution < 1.29 is 14.3 Å². The second kappa shape index (κ2) is 12.1. The van der Waals surface area contributed by atoms with Crippen LogP contribution in [0.2, 0.25) is 0 Å². The number of carbonyl (C=O) groups is 1. The van der Waals surface area contributed by atoms with Gasteiger partial charge in [0.15, 0.2) is 0 Å². The van der Waals surface area contributed by atoms with Crippen molar-refractivity contribution in [3.05, 3.63) is 28.2 Å². The van der Waals surface area contributed by atoms with E-state index in [0.29, 0.717) is 12.2 Å². The lowest BCUT2D eigenvalue weighted by atomic mass is 9.70. The van der Waals surface area contributed by atoms with E-state index in [0.717, 1.165) is 47.2 Å². The van der Waals surface area contributed by atoms with Crippen LogP contribution >= 0.6 is 15.9 Å². The third-order valence-corrected chi connectivity index (χ3v) is 7.77. The number of carbonyl (C=O) groups excluding carboxylic acids is 1. The molecule has 1 aromatic rings. The molecule has 3 rings (SSSR count). The number of unbranched alkanes of at least 4 members (excludes halogenated alkanes) is 1. The van der Waals surface area contributed by atoms with Gasteiger partial charge in [0, 0.05) is 0 Å². The highest BCUT2D eigenvalue weighted by atomic mass is 79.9. The van der Waals surface area contributed by atoms with E-state index in [9.17, 15) is 4.79 Å². The van der Waals surface area contributed by atoms with Gasteiger partial charge in [-0.3, -0.25) is 0 Å². The SMILES string of the molecule is CCCCC1CCC(C2CCC(OC(=O)c3ccc(OCCC)c(Br)c3)CC2)CC1. The fraction of sp³-hybridized carbons (Fsp3) is 0.731. The van der Waals surface area contributed by atoms with Crippen molar-refractivity contribution in [1.82, 2.24) is 0 Å². The maximum Gasteiger partial charge on any atom is 0.338 e. The van der Waals surface area contributed by atoms with Crippen LogP contribution < -0.4 is 4.74 Å². The highest BCUT2D eigenvalue weighted by Gasteiger charge is 2.32. The van der Waals surface area contributed by atoms with Gasteiger partial charge in [-0.25, -0.2) is 4.79 Å². The summed E-state index contributed by atoms with van der Waals surface area (Å²) >= 11 is 3.51. The summed E-state index contributed by atoms with van der Waals surface area (Å²) in [5.74, 6) is 3.30. The lowest BCUT2D eigenvalue weighted by molar-refractivity contribution is 0.0109. The molecule has 2 saturated carbocycles. The minimum absolute atomic E-state index is 0.0736. The van der Waals surface area contributed by atoms with Gasteiger partial charge in [0.25, 0.3) is 0 Å². The monoisotopic (exact) mass is 478 g/mol. The van der Waals surface area contributed by atoms with Gasteiger partial charge < -0.3 is 9.47 Å². The fourth-order valence-corrected chi connectivity index (χ4v) is 5.79. The number of hydrogen-bond acceptors (Lipinski definition) is 3. The molecule has 30 heavy (non-hydrogen) atoms. The lowest BCUT2D eigenvalue weighted by Crippen LogP contribution is -2.29. The molecule has 0 saturated heterocycles. The maximum atomic E-state index is 12.6. The minimum atomic E-state index is -0.211. The molecule has 2 aliphatic carbocycles. The predicted octanol–water partition coefficient (Wildman–Crippen LogP) is 7.95. The van der Waals surface area contributed by atoms with Crippen molar-refractivity contribution in [3.8, 4) is 5.75 Å². The lowest BCUT2D eigenvalue weighted by Gasteiger charge is -2.37. The first-order valence-corrected chi connectivity index (χ1v) is 13.0. The molecule has 2 fully saturated rings. The summed E-state index contributed by atoms with van der Waals surface area (Å²) in [6.45, 7) is 5.05. The number of halogens is 1. The highest BCUT2D eigenvalue weighted by molar-refractivity contribution is 9.10. The maximum absolute atomic E-state index is 12.6. The first kappa shape index (κ1) is 23.6. The Morgan fingerprint density at radius 3 is 2.23 bits per heavy atom. The van der Waals surface area contributed by atoms with Crippen LogP contribution in [0.25, 0.3) is 0 Å². The van der Waals surface area contributed by atoms with E-state index in [1.165, 1.54) is 57.8 Å².